The van der Waals surface area contributed by atoms with E-state index < -0.39 is 35.7 Å². The number of primary amides is 1. The first-order valence-electron chi connectivity index (χ1n) is 8.07. The fourth-order valence-electron chi connectivity index (χ4n) is 1.86. The van der Waals surface area contributed by atoms with E-state index in [-0.39, 0.29) is 32.1 Å². The molecule has 1 unspecified atom stereocenters. The third-order valence-corrected chi connectivity index (χ3v) is 3.25. The van der Waals surface area contributed by atoms with Crippen molar-refractivity contribution in [1.82, 2.24) is 4.98 Å². The Morgan fingerprint density at radius 3 is 1.39 bits per heavy atom. The van der Waals surface area contributed by atoms with Crippen LogP contribution in [0.25, 0.3) is 11.0 Å². The Balaban J connectivity index is 0.000000413. The van der Waals surface area contributed by atoms with Crippen LogP contribution in [0.4, 0.5) is 0 Å². The number of hydrogen-bond acceptors (Lipinski definition) is 5. The highest BCUT2D eigenvalue weighted by Gasteiger charge is 2.23. The summed E-state index contributed by atoms with van der Waals surface area (Å²) < 4.78 is 0. The first-order chi connectivity index (χ1) is 13.0. The molecule has 0 aliphatic carbocycles. The van der Waals surface area contributed by atoms with Crippen molar-refractivity contribution in [2.24, 2.45) is 11.7 Å². The summed E-state index contributed by atoms with van der Waals surface area (Å²) in [5, 5.41) is 32.5. The molecule has 0 aromatic carbocycles. The SMILES string of the molecule is NC(=O)C(CCCC(=O)O)C(=O)O.O=C(O)CCC(=O)O.c1cc2ccc1[nH]2. The third kappa shape index (κ3) is 11.8. The highest BCUT2D eigenvalue weighted by atomic mass is 16.4. The Kier molecular flexibility index (Phi) is 11.0. The van der Waals surface area contributed by atoms with Crippen molar-refractivity contribution in [3.8, 4) is 0 Å². The van der Waals surface area contributed by atoms with Crippen LogP contribution >= 0.6 is 0 Å². The Morgan fingerprint density at radius 2 is 1.18 bits per heavy atom. The number of carbonyl (C=O) groups is 5. The number of rotatable bonds is 9. The first-order valence-corrected chi connectivity index (χ1v) is 8.07. The van der Waals surface area contributed by atoms with E-state index in [1.807, 2.05) is 0 Å². The molecule has 28 heavy (non-hydrogen) atoms. The maximum atomic E-state index is 10.5. The van der Waals surface area contributed by atoms with E-state index in [4.69, 9.17) is 26.2 Å². The maximum Gasteiger partial charge on any atom is 0.316 e. The second-order valence-electron chi connectivity index (χ2n) is 5.57. The molecule has 154 valence electrons. The molecule has 7 N–H and O–H groups in total. The molecule has 2 heterocycles. The summed E-state index contributed by atoms with van der Waals surface area (Å²) in [6, 6.07) is 8.26. The van der Waals surface area contributed by atoms with Gasteiger partial charge in [-0.25, -0.2) is 0 Å². The van der Waals surface area contributed by atoms with Gasteiger partial charge in [0, 0.05) is 17.5 Å². The number of aromatic nitrogens is 1. The van der Waals surface area contributed by atoms with Gasteiger partial charge in [0.25, 0.3) is 0 Å². The van der Waals surface area contributed by atoms with Gasteiger partial charge < -0.3 is 31.1 Å². The zero-order valence-corrected chi connectivity index (χ0v) is 14.8. The Bertz CT molecular complexity index is 711. The van der Waals surface area contributed by atoms with E-state index in [9.17, 15) is 24.0 Å². The summed E-state index contributed by atoms with van der Waals surface area (Å²) >= 11 is 0. The molecule has 0 fully saturated rings. The van der Waals surface area contributed by atoms with Crippen LogP contribution in [-0.4, -0.2) is 55.2 Å². The molecule has 2 aromatic heterocycles. The van der Waals surface area contributed by atoms with E-state index in [0.717, 1.165) is 0 Å². The molecular formula is C17H22N2O9. The number of aliphatic carboxylic acids is 4. The molecule has 0 spiro atoms. The molecule has 2 rings (SSSR count). The van der Waals surface area contributed by atoms with Crippen LogP contribution in [0, 0.1) is 5.92 Å². The molecule has 2 bridgehead atoms. The van der Waals surface area contributed by atoms with Gasteiger partial charge in [0.2, 0.25) is 5.91 Å². The average Bonchev–Trinajstić information content (AvgIpc) is 3.23. The average molecular weight is 398 g/mol. The van der Waals surface area contributed by atoms with Gasteiger partial charge >= 0.3 is 23.9 Å². The summed E-state index contributed by atoms with van der Waals surface area (Å²) in [5.41, 5.74) is 7.22. The Hall–Kier alpha value is -3.63. The molecule has 0 aliphatic heterocycles. The highest BCUT2D eigenvalue weighted by Crippen LogP contribution is 2.08. The van der Waals surface area contributed by atoms with Gasteiger partial charge in [0.05, 0.1) is 12.8 Å². The lowest BCUT2D eigenvalue weighted by atomic mass is 10.0. The van der Waals surface area contributed by atoms with Crippen LogP contribution < -0.4 is 5.73 Å². The van der Waals surface area contributed by atoms with Crippen molar-refractivity contribution in [3.05, 3.63) is 24.3 Å². The number of benzene rings is 1. The fourth-order valence-corrected chi connectivity index (χ4v) is 1.86. The van der Waals surface area contributed by atoms with Gasteiger partial charge in [-0.05, 0) is 37.1 Å². The van der Waals surface area contributed by atoms with E-state index in [2.05, 4.69) is 29.2 Å². The smallest absolute Gasteiger partial charge is 0.316 e. The Labute approximate surface area is 159 Å². The first kappa shape index (κ1) is 24.4. The minimum atomic E-state index is -1.31. The third-order valence-electron chi connectivity index (χ3n) is 3.25. The van der Waals surface area contributed by atoms with E-state index in [0.29, 0.717) is 0 Å². The lowest BCUT2D eigenvalue weighted by Crippen LogP contribution is -2.30. The van der Waals surface area contributed by atoms with E-state index in [1.165, 1.54) is 11.0 Å². The normalized spacial score (nSPS) is 10.7. The van der Waals surface area contributed by atoms with Crippen molar-refractivity contribution in [2.75, 3.05) is 0 Å². The molecule has 0 saturated heterocycles. The number of H-pyrrole nitrogens is 1. The van der Waals surface area contributed by atoms with Crippen LogP contribution in [0.5, 0.6) is 0 Å². The number of hydrogen-bond donors (Lipinski definition) is 6. The van der Waals surface area contributed by atoms with Gasteiger partial charge in [-0.1, -0.05) is 0 Å². The topological polar surface area (TPSA) is 208 Å². The number of nitrogens with one attached hydrogen (secondary N) is 1. The minimum Gasteiger partial charge on any atom is -0.481 e. The number of nitrogens with two attached hydrogens (primary N) is 1. The minimum absolute atomic E-state index is 0.0308. The summed E-state index contributed by atoms with van der Waals surface area (Å²) in [4.78, 5) is 53.4. The van der Waals surface area contributed by atoms with Crippen LogP contribution in [0.2, 0.25) is 0 Å². The van der Waals surface area contributed by atoms with Crippen LogP contribution in [0.3, 0.4) is 0 Å². The number of carboxylic acids is 4. The second-order valence-corrected chi connectivity index (χ2v) is 5.57. The number of aromatic amines is 1. The predicted molar refractivity (Wildman–Crippen MR) is 95.8 cm³/mol. The number of fused-ring (bicyclic) bond motifs is 2. The zero-order chi connectivity index (χ0) is 21.7. The monoisotopic (exact) mass is 398 g/mol. The predicted octanol–water partition coefficient (Wildman–Crippen LogP) is 0.969. The van der Waals surface area contributed by atoms with Gasteiger partial charge in [-0.15, -0.1) is 0 Å². The van der Waals surface area contributed by atoms with Crippen molar-refractivity contribution in [2.45, 2.75) is 32.1 Å². The van der Waals surface area contributed by atoms with Crippen molar-refractivity contribution >= 4 is 40.8 Å². The van der Waals surface area contributed by atoms with Crippen molar-refractivity contribution < 1.29 is 44.4 Å². The quantitative estimate of drug-likeness (QED) is 0.332. The summed E-state index contributed by atoms with van der Waals surface area (Å²) in [5.74, 6) is -6.69. The zero-order valence-electron chi connectivity index (χ0n) is 14.8. The fraction of sp³-hybridized carbons (Fsp3) is 0.353. The van der Waals surface area contributed by atoms with Gasteiger partial charge in [0.1, 0.15) is 5.92 Å². The summed E-state index contributed by atoms with van der Waals surface area (Å²) in [6.45, 7) is 0. The van der Waals surface area contributed by atoms with Gasteiger partial charge in [0.15, 0.2) is 0 Å². The van der Waals surface area contributed by atoms with E-state index >= 15 is 0 Å². The summed E-state index contributed by atoms with van der Waals surface area (Å²) in [6.07, 6.45) is -0.645. The largest absolute Gasteiger partial charge is 0.481 e. The van der Waals surface area contributed by atoms with Gasteiger partial charge in [-0.2, -0.15) is 0 Å². The molecule has 0 saturated carbocycles. The molecule has 1 atom stereocenters. The van der Waals surface area contributed by atoms with E-state index in [1.54, 1.807) is 0 Å². The highest BCUT2D eigenvalue weighted by molar-refractivity contribution is 5.95. The van der Waals surface area contributed by atoms with Crippen LogP contribution in [0.1, 0.15) is 32.1 Å². The molecule has 11 nitrogen and oxygen atoms in total. The van der Waals surface area contributed by atoms with Crippen LogP contribution in [-0.2, 0) is 24.0 Å². The lowest BCUT2D eigenvalue weighted by molar-refractivity contribution is -0.147. The lowest BCUT2D eigenvalue weighted by Gasteiger charge is -2.05. The number of carbonyl (C=O) groups excluding carboxylic acids is 1. The van der Waals surface area contributed by atoms with Crippen molar-refractivity contribution in [3.63, 3.8) is 0 Å². The van der Waals surface area contributed by atoms with Gasteiger partial charge in [-0.3, -0.25) is 24.0 Å². The standard InChI is InChI=1S/C7H11NO5.C6H5N.C4H6O4/c8-6(11)4(7(12)13)2-1-3-5(9)10;1-2-6-4-3-5(1)7-6;5-3(6)1-2-4(7)8/h4H,1-3H2,(H2,8,11)(H,9,10)(H,12,13);1-4,7H;1-2H2,(H,5,6)(H,7,8). The molecule has 2 aromatic rings. The molecule has 1 amide bonds. The van der Waals surface area contributed by atoms with Crippen LogP contribution in [0.15, 0.2) is 24.3 Å². The number of amides is 1. The maximum absolute atomic E-state index is 10.5. The molecule has 0 aliphatic rings. The summed E-state index contributed by atoms with van der Waals surface area (Å²) in [7, 11) is 0. The molecule has 0 radical (unpaired) electrons. The molecule has 11 heteroatoms. The van der Waals surface area contributed by atoms with Crippen molar-refractivity contribution in [1.29, 1.82) is 0 Å². The Morgan fingerprint density at radius 1 is 0.786 bits per heavy atom. The number of carboxylic acid groups (broad SMARTS) is 4. The molecular weight excluding hydrogens is 376 g/mol. The second kappa shape index (κ2) is 12.7.